The van der Waals surface area contributed by atoms with E-state index in [9.17, 15) is 14.7 Å². The van der Waals surface area contributed by atoms with E-state index in [1.54, 1.807) is 23.5 Å². The molecule has 1 amide bonds. The van der Waals surface area contributed by atoms with Gasteiger partial charge in [-0.15, -0.1) is 0 Å². The Bertz CT molecular complexity index is 1160. The number of aliphatic hydroxyl groups is 1. The molecule has 3 aromatic rings. The van der Waals surface area contributed by atoms with E-state index in [1.807, 2.05) is 65.4 Å². The fourth-order valence-corrected chi connectivity index (χ4v) is 4.09. The van der Waals surface area contributed by atoms with Crippen LogP contribution >= 0.6 is 0 Å². The van der Waals surface area contributed by atoms with Gasteiger partial charge in [0.15, 0.2) is 11.5 Å². The molecule has 33 heavy (non-hydrogen) atoms. The van der Waals surface area contributed by atoms with E-state index < -0.39 is 17.7 Å². The number of carbonyl (C=O) groups is 2. The van der Waals surface area contributed by atoms with Crippen LogP contribution in [0.5, 0.6) is 0 Å². The van der Waals surface area contributed by atoms with Crippen molar-refractivity contribution in [1.29, 1.82) is 0 Å². The maximum absolute atomic E-state index is 13.2. The van der Waals surface area contributed by atoms with E-state index in [0.29, 0.717) is 19.5 Å². The number of aryl methyl sites for hydroxylation is 2. The summed E-state index contributed by atoms with van der Waals surface area (Å²) in [5.41, 5.74) is 2.97. The summed E-state index contributed by atoms with van der Waals surface area (Å²) in [5, 5.41) is 10.7. The summed E-state index contributed by atoms with van der Waals surface area (Å²) in [4.78, 5) is 31.8. The van der Waals surface area contributed by atoms with Crippen LogP contribution in [0, 0.1) is 0 Å². The van der Waals surface area contributed by atoms with E-state index in [-0.39, 0.29) is 11.4 Å². The average molecular weight is 442 g/mol. The van der Waals surface area contributed by atoms with Crippen LogP contribution < -0.4 is 0 Å². The molecule has 4 rings (SSSR count). The van der Waals surface area contributed by atoms with E-state index in [2.05, 4.69) is 11.9 Å². The monoisotopic (exact) mass is 441 g/mol. The highest BCUT2D eigenvalue weighted by Crippen LogP contribution is 2.38. The summed E-state index contributed by atoms with van der Waals surface area (Å²) in [6, 6.07) is 16.7. The molecule has 6 heteroatoms. The molecule has 168 valence electrons. The highest BCUT2D eigenvalue weighted by molar-refractivity contribution is 6.14. The van der Waals surface area contributed by atoms with Crippen molar-refractivity contribution in [3.8, 4) is 0 Å². The molecule has 0 saturated carbocycles. The van der Waals surface area contributed by atoms with Gasteiger partial charge in [-0.25, -0.2) is 4.98 Å². The standard InChI is InChI=1S/C27H27N3O3/c1-2-20-9-12-22(13-10-20)25-24(23(31)14-11-21-7-4-3-5-8-21)26(32)27(33)30(25)17-6-16-29-18-15-28-19-29/h3-5,7-15,18-19,25,32H,2,6,16-17H2,1H3/b14-11+. The number of amides is 1. The number of allylic oxidation sites excluding steroid dienone is 1. The Labute approximate surface area is 193 Å². The molecule has 0 spiro atoms. The number of benzene rings is 2. The molecule has 6 nitrogen and oxygen atoms in total. The number of rotatable bonds is 9. The van der Waals surface area contributed by atoms with Crippen molar-refractivity contribution in [2.24, 2.45) is 0 Å². The van der Waals surface area contributed by atoms with Crippen molar-refractivity contribution >= 4 is 17.8 Å². The summed E-state index contributed by atoms with van der Waals surface area (Å²) in [6.07, 6.45) is 9.99. The molecule has 1 aromatic heterocycles. The van der Waals surface area contributed by atoms with E-state index in [0.717, 1.165) is 17.5 Å². The van der Waals surface area contributed by atoms with E-state index in [1.165, 1.54) is 11.6 Å². The molecule has 1 unspecified atom stereocenters. The number of imidazole rings is 1. The van der Waals surface area contributed by atoms with Crippen LogP contribution in [-0.4, -0.2) is 37.8 Å². The second-order valence-corrected chi connectivity index (χ2v) is 8.02. The first-order chi connectivity index (χ1) is 16.1. The van der Waals surface area contributed by atoms with Crippen LogP contribution in [0.2, 0.25) is 0 Å². The molecule has 1 N–H and O–H groups in total. The van der Waals surface area contributed by atoms with Gasteiger partial charge in [0.25, 0.3) is 5.91 Å². The Balaban J connectivity index is 1.62. The molecule has 0 fully saturated rings. The van der Waals surface area contributed by atoms with Gasteiger partial charge < -0.3 is 14.6 Å². The van der Waals surface area contributed by atoms with Gasteiger partial charge in [0.05, 0.1) is 17.9 Å². The second-order valence-electron chi connectivity index (χ2n) is 8.02. The summed E-state index contributed by atoms with van der Waals surface area (Å²) < 4.78 is 1.94. The molecule has 0 aliphatic carbocycles. The Kier molecular flexibility index (Phi) is 6.83. The van der Waals surface area contributed by atoms with Crippen LogP contribution in [-0.2, 0) is 22.6 Å². The lowest BCUT2D eigenvalue weighted by molar-refractivity contribution is -0.129. The van der Waals surface area contributed by atoms with Gasteiger partial charge in [-0.1, -0.05) is 67.6 Å². The van der Waals surface area contributed by atoms with Crippen LogP contribution in [0.1, 0.15) is 36.1 Å². The molecule has 0 saturated heterocycles. The lowest BCUT2D eigenvalue weighted by Crippen LogP contribution is -2.32. The van der Waals surface area contributed by atoms with Gasteiger partial charge >= 0.3 is 0 Å². The van der Waals surface area contributed by atoms with Crippen LogP contribution in [0.25, 0.3) is 6.08 Å². The lowest BCUT2D eigenvalue weighted by Gasteiger charge is -2.27. The van der Waals surface area contributed by atoms with Gasteiger partial charge in [0.1, 0.15) is 0 Å². The zero-order valence-electron chi connectivity index (χ0n) is 18.6. The normalized spacial score (nSPS) is 16.2. The van der Waals surface area contributed by atoms with Crippen molar-refractivity contribution in [3.05, 3.63) is 107 Å². The van der Waals surface area contributed by atoms with Gasteiger partial charge in [-0.2, -0.15) is 0 Å². The topological polar surface area (TPSA) is 75.4 Å². The quantitative estimate of drug-likeness (QED) is 0.496. The molecular formula is C27H27N3O3. The average Bonchev–Trinajstić information content (AvgIpc) is 3.45. The number of hydrogen-bond donors (Lipinski definition) is 1. The van der Waals surface area contributed by atoms with Crippen molar-refractivity contribution in [3.63, 3.8) is 0 Å². The summed E-state index contributed by atoms with van der Waals surface area (Å²) in [6.45, 7) is 3.16. The number of carbonyl (C=O) groups excluding carboxylic acids is 2. The minimum atomic E-state index is -0.626. The van der Waals surface area contributed by atoms with Gasteiger partial charge in [0.2, 0.25) is 0 Å². The smallest absolute Gasteiger partial charge is 0.290 e. The van der Waals surface area contributed by atoms with Gasteiger partial charge in [0, 0.05) is 25.5 Å². The van der Waals surface area contributed by atoms with Crippen molar-refractivity contribution < 1.29 is 14.7 Å². The molecule has 1 atom stereocenters. The highest BCUT2D eigenvalue weighted by atomic mass is 16.3. The number of nitrogens with zero attached hydrogens (tertiary/aromatic N) is 3. The first-order valence-corrected chi connectivity index (χ1v) is 11.1. The van der Waals surface area contributed by atoms with Crippen molar-refractivity contribution in [2.45, 2.75) is 32.4 Å². The third kappa shape index (κ3) is 4.95. The molecule has 0 bridgehead atoms. The predicted octanol–water partition coefficient (Wildman–Crippen LogP) is 4.51. The van der Waals surface area contributed by atoms with E-state index >= 15 is 0 Å². The minimum Gasteiger partial charge on any atom is -0.503 e. The summed E-state index contributed by atoms with van der Waals surface area (Å²) in [5.74, 6) is -1.35. The second kappa shape index (κ2) is 10.1. The maximum atomic E-state index is 13.2. The maximum Gasteiger partial charge on any atom is 0.290 e. The van der Waals surface area contributed by atoms with Gasteiger partial charge in [-0.05, 0) is 35.6 Å². The molecular weight excluding hydrogens is 414 g/mol. The summed E-state index contributed by atoms with van der Waals surface area (Å²) in [7, 11) is 0. The fourth-order valence-electron chi connectivity index (χ4n) is 4.09. The zero-order valence-corrected chi connectivity index (χ0v) is 18.6. The zero-order chi connectivity index (χ0) is 23.2. The predicted molar refractivity (Wildman–Crippen MR) is 127 cm³/mol. The third-order valence-electron chi connectivity index (χ3n) is 5.87. The van der Waals surface area contributed by atoms with Crippen molar-refractivity contribution in [2.75, 3.05) is 6.54 Å². The third-order valence-corrected chi connectivity index (χ3v) is 5.87. The molecule has 0 radical (unpaired) electrons. The number of ketones is 1. The SMILES string of the molecule is CCc1ccc(C2C(C(=O)/C=C/c3ccccc3)=C(O)C(=O)N2CCCn2ccnc2)cc1. The number of aromatic nitrogens is 2. The Morgan fingerprint density at radius 2 is 1.85 bits per heavy atom. The fraction of sp³-hybridized carbons (Fsp3) is 0.222. The first-order valence-electron chi connectivity index (χ1n) is 11.1. The van der Waals surface area contributed by atoms with E-state index in [4.69, 9.17) is 0 Å². The van der Waals surface area contributed by atoms with Gasteiger partial charge in [-0.3, -0.25) is 9.59 Å². The summed E-state index contributed by atoms with van der Waals surface area (Å²) >= 11 is 0. The Morgan fingerprint density at radius 1 is 1.09 bits per heavy atom. The van der Waals surface area contributed by atoms with Crippen molar-refractivity contribution in [1.82, 2.24) is 14.5 Å². The number of hydrogen-bond acceptors (Lipinski definition) is 4. The Hall–Kier alpha value is -3.93. The Morgan fingerprint density at radius 3 is 2.52 bits per heavy atom. The molecule has 2 heterocycles. The minimum absolute atomic E-state index is 0.124. The molecule has 1 aliphatic heterocycles. The highest BCUT2D eigenvalue weighted by Gasteiger charge is 2.42. The molecule has 1 aliphatic rings. The largest absolute Gasteiger partial charge is 0.503 e. The van der Waals surface area contributed by atoms with Crippen LogP contribution in [0.4, 0.5) is 0 Å². The lowest BCUT2D eigenvalue weighted by atomic mass is 9.94. The molecule has 2 aromatic carbocycles. The van der Waals surface area contributed by atoms with Crippen LogP contribution in [0.15, 0.2) is 90.7 Å². The van der Waals surface area contributed by atoms with Crippen LogP contribution in [0.3, 0.4) is 0 Å². The first kappa shape index (κ1) is 22.3. The number of aliphatic hydroxyl groups excluding tert-OH is 1.